The zero-order valence-electron chi connectivity index (χ0n) is 11.8. The third-order valence-corrected chi connectivity index (χ3v) is 3.03. The average Bonchev–Trinajstić information content (AvgIpc) is 2.84. The van der Waals surface area contributed by atoms with Crippen molar-refractivity contribution < 1.29 is 4.74 Å². The molecule has 2 aromatic heterocycles. The number of aryl methyl sites for hydroxylation is 1. The molecule has 6 heteroatoms. The quantitative estimate of drug-likeness (QED) is 0.554. The lowest BCUT2D eigenvalue weighted by molar-refractivity contribution is 0.333. The number of aromatic nitrogens is 3. The summed E-state index contributed by atoms with van der Waals surface area (Å²) in [6, 6.07) is 9.39. The van der Waals surface area contributed by atoms with Gasteiger partial charge in [0.1, 0.15) is 17.9 Å². The molecule has 3 aromatic rings. The van der Waals surface area contributed by atoms with E-state index < -0.39 is 0 Å². The molecule has 0 aliphatic carbocycles. The molecular formula is C15H17N5O. The number of nitrogens with one attached hydrogen (secondary N) is 1. The van der Waals surface area contributed by atoms with Crippen molar-refractivity contribution >= 4 is 17.0 Å². The van der Waals surface area contributed by atoms with Crippen LogP contribution in [0.25, 0.3) is 5.52 Å². The Morgan fingerprint density at radius 2 is 2.24 bits per heavy atom. The highest BCUT2D eigenvalue weighted by Crippen LogP contribution is 2.15. The fraction of sp³-hybridized carbons (Fsp3) is 0.200. The molecule has 1 aromatic carbocycles. The second-order valence-corrected chi connectivity index (χ2v) is 4.74. The molecule has 0 aliphatic heterocycles. The van der Waals surface area contributed by atoms with Crippen molar-refractivity contribution in [3.05, 3.63) is 48.4 Å². The first-order valence-corrected chi connectivity index (χ1v) is 6.75. The van der Waals surface area contributed by atoms with Gasteiger partial charge in [-0.05, 0) is 25.1 Å². The summed E-state index contributed by atoms with van der Waals surface area (Å²) in [6.45, 7) is 3.13. The number of nitrogen functional groups attached to an aromatic ring is 1. The van der Waals surface area contributed by atoms with E-state index in [1.807, 2.05) is 41.9 Å². The summed E-state index contributed by atoms with van der Waals surface area (Å²) in [5.41, 5.74) is 8.32. The number of hydrogen-bond donors (Lipinski definition) is 2. The molecule has 0 bridgehead atoms. The monoisotopic (exact) mass is 283 g/mol. The lowest BCUT2D eigenvalue weighted by Crippen LogP contribution is -2.13. The van der Waals surface area contributed by atoms with Gasteiger partial charge in [-0.15, -0.1) is 0 Å². The summed E-state index contributed by atoms with van der Waals surface area (Å²) in [4.78, 5) is 4.33. The number of anilines is 2. The number of nitrogens with zero attached hydrogens (tertiary/aromatic N) is 3. The Morgan fingerprint density at radius 1 is 1.33 bits per heavy atom. The molecule has 0 saturated heterocycles. The lowest BCUT2D eigenvalue weighted by atomic mass is 10.3. The maximum atomic E-state index is 5.70. The SMILES string of the molecule is Cc1cc2c(NCCOc3cccc(N)c3)nccn2n1. The third-order valence-electron chi connectivity index (χ3n) is 3.03. The predicted octanol–water partition coefficient (Wildman–Crippen LogP) is 2.11. The van der Waals surface area contributed by atoms with Gasteiger partial charge < -0.3 is 15.8 Å². The van der Waals surface area contributed by atoms with Crippen molar-refractivity contribution in [1.29, 1.82) is 0 Å². The van der Waals surface area contributed by atoms with E-state index in [1.54, 1.807) is 12.3 Å². The predicted molar refractivity (Wildman–Crippen MR) is 82.6 cm³/mol. The molecule has 0 amide bonds. The molecule has 0 aliphatic rings. The minimum absolute atomic E-state index is 0.527. The number of hydrogen-bond acceptors (Lipinski definition) is 5. The Labute approximate surface area is 122 Å². The molecule has 3 rings (SSSR count). The summed E-state index contributed by atoms with van der Waals surface area (Å²) in [5, 5.41) is 7.61. The van der Waals surface area contributed by atoms with Crippen molar-refractivity contribution in [2.75, 3.05) is 24.2 Å². The molecule has 0 spiro atoms. The van der Waals surface area contributed by atoms with E-state index in [2.05, 4.69) is 15.4 Å². The van der Waals surface area contributed by atoms with Gasteiger partial charge in [0.2, 0.25) is 0 Å². The van der Waals surface area contributed by atoms with Crippen molar-refractivity contribution in [3.63, 3.8) is 0 Å². The maximum Gasteiger partial charge on any atom is 0.152 e. The third kappa shape index (κ3) is 3.05. The highest BCUT2D eigenvalue weighted by Gasteiger charge is 2.04. The average molecular weight is 283 g/mol. The van der Waals surface area contributed by atoms with Crippen LogP contribution in [0, 0.1) is 6.92 Å². The van der Waals surface area contributed by atoms with Crippen LogP contribution in [0.1, 0.15) is 5.69 Å². The summed E-state index contributed by atoms with van der Waals surface area (Å²) >= 11 is 0. The molecular weight excluding hydrogens is 266 g/mol. The minimum Gasteiger partial charge on any atom is -0.492 e. The van der Waals surface area contributed by atoms with Crippen LogP contribution in [0.15, 0.2) is 42.7 Å². The highest BCUT2D eigenvalue weighted by molar-refractivity contribution is 5.67. The summed E-state index contributed by atoms with van der Waals surface area (Å²) in [6.07, 6.45) is 3.55. The van der Waals surface area contributed by atoms with E-state index in [0.29, 0.717) is 18.8 Å². The van der Waals surface area contributed by atoms with Crippen molar-refractivity contribution in [3.8, 4) is 5.75 Å². The van der Waals surface area contributed by atoms with Gasteiger partial charge in [-0.2, -0.15) is 5.10 Å². The van der Waals surface area contributed by atoms with Crippen molar-refractivity contribution in [1.82, 2.24) is 14.6 Å². The first-order valence-electron chi connectivity index (χ1n) is 6.75. The van der Waals surface area contributed by atoms with Gasteiger partial charge >= 0.3 is 0 Å². The molecule has 6 nitrogen and oxygen atoms in total. The van der Waals surface area contributed by atoms with Crippen LogP contribution >= 0.6 is 0 Å². The molecule has 0 fully saturated rings. The van der Waals surface area contributed by atoms with Gasteiger partial charge in [-0.3, -0.25) is 0 Å². The minimum atomic E-state index is 0.527. The zero-order chi connectivity index (χ0) is 14.7. The zero-order valence-corrected chi connectivity index (χ0v) is 11.8. The highest BCUT2D eigenvalue weighted by atomic mass is 16.5. The van der Waals surface area contributed by atoms with Crippen LogP contribution in [-0.4, -0.2) is 27.7 Å². The van der Waals surface area contributed by atoms with E-state index in [4.69, 9.17) is 10.5 Å². The van der Waals surface area contributed by atoms with Crippen LogP contribution in [-0.2, 0) is 0 Å². The van der Waals surface area contributed by atoms with Gasteiger partial charge in [-0.1, -0.05) is 6.07 Å². The van der Waals surface area contributed by atoms with Gasteiger partial charge in [0.15, 0.2) is 5.82 Å². The Morgan fingerprint density at radius 3 is 3.10 bits per heavy atom. The molecule has 0 saturated carbocycles. The molecule has 3 N–H and O–H groups in total. The van der Waals surface area contributed by atoms with Crippen LogP contribution in [0.4, 0.5) is 11.5 Å². The van der Waals surface area contributed by atoms with Crippen molar-refractivity contribution in [2.45, 2.75) is 6.92 Å². The molecule has 2 heterocycles. The first-order chi connectivity index (χ1) is 10.2. The number of fused-ring (bicyclic) bond motifs is 1. The van der Waals surface area contributed by atoms with E-state index >= 15 is 0 Å². The molecule has 108 valence electrons. The largest absolute Gasteiger partial charge is 0.492 e. The fourth-order valence-electron chi connectivity index (χ4n) is 2.12. The smallest absolute Gasteiger partial charge is 0.152 e. The number of ether oxygens (including phenoxy) is 1. The van der Waals surface area contributed by atoms with Gasteiger partial charge in [0.25, 0.3) is 0 Å². The molecule has 0 radical (unpaired) electrons. The van der Waals surface area contributed by atoms with E-state index in [-0.39, 0.29) is 0 Å². The summed E-state index contributed by atoms with van der Waals surface area (Å²) in [5.74, 6) is 1.57. The van der Waals surface area contributed by atoms with Crippen LogP contribution in [0.2, 0.25) is 0 Å². The van der Waals surface area contributed by atoms with Gasteiger partial charge in [0, 0.05) is 24.1 Å². The Balaban J connectivity index is 1.59. The van der Waals surface area contributed by atoms with E-state index in [9.17, 15) is 0 Å². The van der Waals surface area contributed by atoms with Crippen LogP contribution < -0.4 is 15.8 Å². The Bertz CT molecular complexity index is 753. The number of rotatable bonds is 5. The topological polar surface area (TPSA) is 77.5 Å². The van der Waals surface area contributed by atoms with Gasteiger partial charge in [-0.25, -0.2) is 9.50 Å². The fourth-order valence-corrected chi connectivity index (χ4v) is 2.12. The van der Waals surface area contributed by atoms with Crippen molar-refractivity contribution in [2.24, 2.45) is 0 Å². The Hall–Kier alpha value is -2.76. The van der Waals surface area contributed by atoms with Crippen LogP contribution in [0.3, 0.4) is 0 Å². The normalized spacial score (nSPS) is 10.7. The molecule has 0 atom stereocenters. The standard InChI is InChI=1S/C15H17N5O/c1-11-9-14-15(17-5-7-20(14)19-11)18-6-8-21-13-4-2-3-12(16)10-13/h2-5,7,9-10H,6,8,16H2,1H3,(H,17,18). The second kappa shape index (κ2) is 5.70. The Kier molecular flexibility index (Phi) is 3.59. The van der Waals surface area contributed by atoms with E-state index in [0.717, 1.165) is 22.8 Å². The number of nitrogens with two attached hydrogens (primary N) is 1. The molecule has 0 unspecified atom stereocenters. The summed E-state index contributed by atoms with van der Waals surface area (Å²) in [7, 11) is 0. The number of benzene rings is 1. The first kappa shape index (κ1) is 13.2. The van der Waals surface area contributed by atoms with E-state index in [1.165, 1.54) is 0 Å². The molecule has 21 heavy (non-hydrogen) atoms. The lowest BCUT2D eigenvalue weighted by Gasteiger charge is -2.09. The van der Waals surface area contributed by atoms with Gasteiger partial charge in [0.05, 0.1) is 12.2 Å². The second-order valence-electron chi connectivity index (χ2n) is 4.74. The maximum absolute atomic E-state index is 5.70. The van der Waals surface area contributed by atoms with Crippen LogP contribution in [0.5, 0.6) is 5.75 Å². The summed E-state index contributed by atoms with van der Waals surface area (Å²) < 4.78 is 7.44.